The third kappa shape index (κ3) is 3.08. The zero-order valence-electron chi connectivity index (χ0n) is 12.0. The van der Waals surface area contributed by atoms with Crippen LogP contribution in [-0.2, 0) is 4.79 Å². The highest BCUT2D eigenvalue weighted by Crippen LogP contribution is 2.37. The van der Waals surface area contributed by atoms with E-state index in [2.05, 4.69) is 17.5 Å². The van der Waals surface area contributed by atoms with Gasteiger partial charge in [0.1, 0.15) is 5.75 Å². The van der Waals surface area contributed by atoms with E-state index in [9.17, 15) is 4.79 Å². The van der Waals surface area contributed by atoms with E-state index in [1.165, 1.54) is 4.88 Å². The number of ketones is 1. The van der Waals surface area contributed by atoms with Gasteiger partial charge in [-0.3, -0.25) is 4.79 Å². The van der Waals surface area contributed by atoms with Gasteiger partial charge >= 0.3 is 0 Å². The van der Waals surface area contributed by atoms with Crippen molar-refractivity contribution in [2.75, 3.05) is 7.11 Å². The van der Waals surface area contributed by atoms with Gasteiger partial charge < -0.3 is 4.74 Å². The largest absolute Gasteiger partial charge is 0.496 e. The first-order valence-electron chi connectivity index (χ1n) is 7.18. The molecule has 0 amide bonds. The average molecular weight is 298 g/mol. The number of rotatable bonds is 3. The fourth-order valence-electron chi connectivity index (χ4n) is 2.83. The zero-order valence-corrected chi connectivity index (χ0v) is 12.9. The Hall–Kier alpha value is -1.87. The Kier molecular flexibility index (Phi) is 4.20. The van der Waals surface area contributed by atoms with Crippen molar-refractivity contribution >= 4 is 23.2 Å². The Bertz CT molecular complexity index is 656. The number of ether oxygens (including phenoxy) is 1. The standard InChI is InChI=1S/C18H18O2S/c1-20-17-6-3-2-5-13(17)11-15-12-14(8-9-16(15)19)18-7-4-10-21-18/h2-7,10-11,14H,8-9,12H2,1H3. The first-order chi connectivity index (χ1) is 10.3. The predicted octanol–water partition coefficient (Wildman–Crippen LogP) is 4.68. The molecule has 108 valence electrons. The molecule has 1 aromatic heterocycles. The second-order valence-electron chi connectivity index (χ2n) is 5.29. The fraction of sp³-hybridized carbons (Fsp3) is 0.278. The van der Waals surface area contributed by atoms with Gasteiger partial charge in [0.2, 0.25) is 0 Å². The molecule has 0 aliphatic heterocycles. The van der Waals surface area contributed by atoms with Crippen LogP contribution in [-0.4, -0.2) is 12.9 Å². The first kappa shape index (κ1) is 14.1. The number of allylic oxidation sites excluding steroid dienone is 1. The number of carbonyl (C=O) groups is 1. The van der Waals surface area contributed by atoms with Gasteiger partial charge in [0, 0.05) is 16.9 Å². The summed E-state index contributed by atoms with van der Waals surface area (Å²) in [5.41, 5.74) is 1.90. The molecule has 1 aliphatic rings. The summed E-state index contributed by atoms with van der Waals surface area (Å²) in [5.74, 6) is 1.56. The van der Waals surface area contributed by atoms with Crippen LogP contribution in [0.4, 0.5) is 0 Å². The second kappa shape index (κ2) is 6.27. The van der Waals surface area contributed by atoms with Gasteiger partial charge in [-0.1, -0.05) is 24.3 Å². The van der Waals surface area contributed by atoms with Gasteiger partial charge in [-0.25, -0.2) is 0 Å². The van der Waals surface area contributed by atoms with Crippen LogP contribution in [0.25, 0.3) is 6.08 Å². The molecule has 0 spiro atoms. The van der Waals surface area contributed by atoms with Crippen molar-refractivity contribution < 1.29 is 9.53 Å². The lowest BCUT2D eigenvalue weighted by Crippen LogP contribution is -2.15. The maximum atomic E-state index is 12.2. The summed E-state index contributed by atoms with van der Waals surface area (Å²) in [4.78, 5) is 13.6. The van der Waals surface area contributed by atoms with Crippen LogP contribution in [0, 0.1) is 0 Å². The lowest BCUT2D eigenvalue weighted by atomic mass is 9.83. The number of hydrogen-bond acceptors (Lipinski definition) is 3. The Morgan fingerprint density at radius 3 is 2.86 bits per heavy atom. The van der Waals surface area contributed by atoms with Crippen molar-refractivity contribution in [1.82, 2.24) is 0 Å². The summed E-state index contributed by atoms with van der Waals surface area (Å²) < 4.78 is 5.37. The molecule has 1 fully saturated rings. The molecule has 0 radical (unpaired) electrons. The minimum Gasteiger partial charge on any atom is -0.496 e. The SMILES string of the molecule is COc1ccccc1C=C1CC(c2cccs2)CCC1=O. The highest BCUT2D eigenvalue weighted by Gasteiger charge is 2.25. The van der Waals surface area contributed by atoms with Crippen molar-refractivity contribution in [2.24, 2.45) is 0 Å². The Morgan fingerprint density at radius 2 is 2.10 bits per heavy atom. The van der Waals surface area contributed by atoms with E-state index < -0.39 is 0 Å². The molecule has 1 saturated carbocycles. The molecule has 21 heavy (non-hydrogen) atoms. The summed E-state index contributed by atoms with van der Waals surface area (Å²) in [5, 5.41) is 2.11. The Balaban J connectivity index is 1.88. The molecule has 2 nitrogen and oxygen atoms in total. The summed E-state index contributed by atoms with van der Waals surface area (Å²) in [6.45, 7) is 0. The third-order valence-electron chi connectivity index (χ3n) is 3.96. The number of thiophene rings is 1. The molecule has 1 aliphatic carbocycles. The van der Waals surface area contributed by atoms with Gasteiger partial charge in [-0.05, 0) is 47.9 Å². The molecule has 3 heteroatoms. The van der Waals surface area contributed by atoms with Crippen LogP contribution in [0.1, 0.15) is 35.6 Å². The topological polar surface area (TPSA) is 26.3 Å². The van der Waals surface area contributed by atoms with Gasteiger partial charge in [0.05, 0.1) is 7.11 Å². The van der Waals surface area contributed by atoms with Crippen LogP contribution >= 0.6 is 11.3 Å². The van der Waals surface area contributed by atoms with Gasteiger partial charge in [0.15, 0.2) is 5.78 Å². The number of benzene rings is 1. The van der Waals surface area contributed by atoms with E-state index in [1.54, 1.807) is 18.4 Å². The molecule has 0 N–H and O–H groups in total. The zero-order chi connectivity index (χ0) is 14.7. The monoisotopic (exact) mass is 298 g/mol. The normalized spacial score (nSPS) is 20.7. The number of para-hydroxylation sites is 1. The van der Waals surface area contributed by atoms with Crippen molar-refractivity contribution in [3.8, 4) is 5.75 Å². The van der Waals surface area contributed by atoms with Crippen LogP contribution in [0.15, 0.2) is 47.4 Å². The molecule has 0 bridgehead atoms. The van der Waals surface area contributed by atoms with Gasteiger partial charge in [-0.15, -0.1) is 11.3 Å². The molecular formula is C18H18O2S. The molecule has 1 unspecified atom stereocenters. The lowest BCUT2D eigenvalue weighted by Gasteiger charge is -2.22. The maximum absolute atomic E-state index is 12.2. The molecule has 1 atom stereocenters. The van der Waals surface area contributed by atoms with E-state index in [0.717, 1.165) is 29.7 Å². The minimum absolute atomic E-state index is 0.272. The highest BCUT2D eigenvalue weighted by molar-refractivity contribution is 7.10. The van der Waals surface area contributed by atoms with Gasteiger partial charge in [-0.2, -0.15) is 0 Å². The van der Waals surface area contributed by atoms with E-state index >= 15 is 0 Å². The summed E-state index contributed by atoms with van der Waals surface area (Å²) >= 11 is 1.78. The predicted molar refractivity (Wildman–Crippen MR) is 86.9 cm³/mol. The first-order valence-corrected chi connectivity index (χ1v) is 8.06. The molecule has 3 rings (SSSR count). The van der Waals surface area contributed by atoms with E-state index in [1.807, 2.05) is 30.3 Å². The Labute approximate surface area is 129 Å². The second-order valence-corrected chi connectivity index (χ2v) is 6.27. The summed E-state index contributed by atoms with van der Waals surface area (Å²) in [6, 6.07) is 12.1. The molecular weight excluding hydrogens is 280 g/mol. The van der Waals surface area contributed by atoms with Gasteiger partial charge in [0.25, 0.3) is 0 Å². The quantitative estimate of drug-likeness (QED) is 0.769. The van der Waals surface area contributed by atoms with Crippen molar-refractivity contribution in [3.05, 3.63) is 57.8 Å². The van der Waals surface area contributed by atoms with Crippen LogP contribution in [0.3, 0.4) is 0 Å². The molecule has 1 aromatic carbocycles. The third-order valence-corrected chi connectivity index (χ3v) is 4.99. The van der Waals surface area contributed by atoms with E-state index in [-0.39, 0.29) is 5.78 Å². The van der Waals surface area contributed by atoms with Crippen molar-refractivity contribution in [3.63, 3.8) is 0 Å². The average Bonchev–Trinajstić information content (AvgIpc) is 3.04. The number of carbonyl (C=O) groups excluding carboxylic acids is 1. The molecule has 1 heterocycles. The minimum atomic E-state index is 0.272. The highest BCUT2D eigenvalue weighted by atomic mass is 32.1. The van der Waals surface area contributed by atoms with Crippen molar-refractivity contribution in [1.29, 1.82) is 0 Å². The van der Waals surface area contributed by atoms with Crippen LogP contribution in [0.2, 0.25) is 0 Å². The van der Waals surface area contributed by atoms with Crippen LogP contribution in [0.5, 0.6) is 5.75 Å². The van der Waals surface area contributed by atoms with Crippen LogP contribution < -0.4 is 4.74 Å². The maximum Gasteiger partial charge on any atom is 0.158 e. The number of Topliss-reactive ketones (excluding diaryl/α,β-unsaturated/α-hetero) is 1. The number of hydrogen-bond donors (Lipinski definition) is 0. The van der Waals surface area contributed by atoms with E-state index in [0.29, 0.717) is 12.3 Å². The van der Waals surface area contributed by atoms with Crippen molar-refractivity contribution in [2.45, 2.75) is 25.2 Å². The summed E-state index contributed by atoms with van der Waals surface area (Å²) in [7, 11) is 1.66. The number of methoxy groups -OCH3 is 1. The molecule has 2 aromatic rings. The Morgan fingerprint density at radius 1 is 1.24 bits per heavy atom. The smallest absolute Gasteiger partial charge is 0.158 e. The summed E-state index contributed by atoms with van der Waals surface area (Å²) in [6.07, 6.45) is 4.44. The molecule has 0 saturated heterocycles. The van der Waals surface area contributed by atoms with E-state index in [4.69, 9.17) is 4.74 Å². The lowest BCUT2D eigenvalue weighted by molar-refractivity contribution is -0.116. The fourth-order valence-corrected chi connectivity index (χ4v) is 3.69.